The molecule has 0 saturated heterocycles. The Morgan fingerprint density at radius 3 is 1.02 bits per heavy atom. The Morgan fingerprint density at radius 1 is 0.391 bits per heavy atom. The molecule has 0 aliphatic heterocycles. The molecule has 12 heteroatoms. The van der Waals surface area contributed by atoms with Crippen LogP contribution in [0, 0.1) is 0 Å². The van der Waals surface area contributed by atoms with E-state index in [4.69, 9.17) is 52.1 Å². The van der Waals surface area contributed by atoms with Crippen LogP contribution >= 0.6 is 0 Å². The Kier molecular flexibility index (Phi) is 33.2. The molecule has 0 fully saturated rings. The summed E-state index contributed by atoms with van der Waals surface area (Å²) in [4.78, 5) is 10.6. The first-order valence-electron chi connectivity index (χ1n) is 16.8. The molecule has 0 aliphatic carbocycles. The van der Waals surface area contributed by atoms with Crippen LogP contribution in [0.4, 0.5) is 0 Å². The van der Waals surface area contributed by atoms with Gasteiger partial charge in [0.25, 0.3) is 0 Å². The van der Waals surface area contributed by atoms with Gasteiger partial charge < -0.3 is 52.1 Å². The molecule has 0 saturated carbocycles. The molecule has 0 bridgehead atoms. The number of ether oxygens (including phenoxy) is 11. The van der Waals surface area contributed by atoms with Crippen molar-refractivity contribution < 1.29 is 56.9 Å². The summed E-state index contributed by atoms with van der Waals surface area (Å²) in [5.41, 5.74) is 0.620. The molecule has 12 nitrogen and oxygen atoms in total. The quantitative estimate of drug-likeness (QED) is 0.0753. The lowest BCUT2D eigenvalue weighted by molar-refractivity contribution is -0.0267. The Bertz CT molecular complexity index is 737. The maximum atomic E-state index is 10.6. The predicted molar refractivity (Wildman–Crippen MR) is 174 cm³/mol. The van der Waals surface area contributed by atoms with E-state index >= 15 is 0 Å². The zero-order valence-corrected chi connectivity index (χ0v) is 28.2. The van der Waals surface area contributed by atoms with E-state index in [1.165, 1.54) is 25.7 Å². The number of aldehydes is 1. The second-order valence-electron chi connectivity index (χ2n) is 10.1. The fraction of sp³-hybridized carbons (Fsp3) is 0.794. The maximum absolute atomic E-state index is 10.6. The summed E-state index contributed by atoms with van der Waals surface area (Å²) < 4.78 is 60.4. The molecule has 0 heterocycles. The van der Waals surface area contributed by atoms with Gasteiger partial charge in [0.05, 0.1) is 126 Å². The van der Waals surface area contributed by atoms with Gasteiger partial charge in [0.15, 0.2) is 0 Å². The molecule has 0 radical (unpaired) electrons. The van der Waals surface area contributed by atoms with Crippen molar-refractivity contribution >= 4 is 6.29 Å². The van der Waals surface area contributed by atoms with Gasteiger partial charge in [0.1, 0.15) is 18.6 Å². The van der Waals surface area contributed by atoms with Crippen LogP contribution in [0.15, 0.2) is 24.3 Å². The molecular weight excluding hydrogens is 600 g/mol. The summed E-state index contributed by atoms with van der Waals surface area (Å²) in [5, 5.41) is 0. The molecule has 268 valence electrons. The number of carbonyl (C=O) groups is 1. The highest BCUT2D eigenvalue weighted by molar-refractivity contribution is 5.74. The first kappa shape index (κ1) is 42.3. The maximum Gasteiger partial charge on any atom is 0.150 e. The standard InChI is InChI=1S/C34H60O12/c1-2-3-4-5-6-11-36-12-13-37-14-15-38-16-17-39-18-19-40-20-21-41-22-23-42-24-25-43-26-27-44-28-29-45-30-31-46-34-9-7-33(32-35)8-10-34/h7-10,32H,2-6,11-31H2,1H3. The monoisotopic (exact) mass is 660 g/mol. The van der Waals surface area contributed by atoms with E-state index < -0.39 is 0 Å². The van der Waals surface area contributed by atoms with Crippen LogP contribution in [0.1, 0.15) is 49.4 Å². The first-order chi connectivity index (χ1) is 22.9. The highest BCUT2D eigenvalue weighted by Crippen LogP contribution is 2.10. The fourth-order valence-corrected chi connectivity index (χ4v) is 3.75. The zero-order chi connectivity index (χ0) is 32.9. The van der Waals surface area contributed by atoms with Crippen LogP contribution in [0.2, 0.25) is 0 Å². The third kappa shape index (κ3) is 30.9. The predicted octanol–water partition coefficient (Wildman–Crippen LogP) is 4.01. The summed E-state index contributed by atoms with van der Waals surface area (Å²) in [5.74, 6) is 0.706. The Balaban J connectivity index is 1.63. The minimum Gasteiger partial charge on any atom is -0.491 e. The SMILES string of the molecule is CCCCCCCOCCOCCOCCOCCOCCOCCOCCOCCOCCOCCOc1ccc(C=O)cc1. The molecule has 0 aromatic heterocycles. The molecule has 0 unspecified atom stereocenters. The van der Waals surface area contributed by atoms with Gasteiger partial charge in [0.2, 0.25) is 0 Å². The van der Waals surface area contributed by atoms with Crippen LogP contribution in [0.5, 0.6) is 5.75 Å². The van der Waals surface area contributed by atoms with Gasteiger partial charge in [-0.2, -0.15) is 0 Å². The van der Waals surface area contributed by atoms with Crippen LogP contribution in [-0.2, 0) is 47.4 Å². The van der Waals surface area contributed by atoms with E-state index in [2.05, 4.69) is 6.92 Å². The molecular formula is C34H60O12. The van der Waals surface area contributed by atoms with Crippen molar-refractivity contribution in [2.75, 3.05) is 139 Å². The topological polar surface area (TPSA) is 119 Å². The molecule has 0 spiro atoms. The smallest absolute Gasteiger partial charge is 0.150 e. The van der Waals surface area contributed by atoms with Gasteiger partial charge in [-0.25, -0.2) is 0 Å². The molecule has 0 aliphatic rings. The summed E-state index contributed by atoms with van der Waals surface area (Å²) in [6.07, 6.45) is 7.07. The average Bonchev–Trinajstić information content (AvgIpc) is 3.08. The van der Waals surface area contributed by atoms with Gasteiger partial charge in [-0.15, -0.1) is 0 Å². The van der Waals surface area contributed by atoms with Gasteiger partial charge in [0, 0.05) is 12.2 Å². The lowest BCUT2D eigenvalue weighted by atomic mass is 10.2. The van der Waals surface area contributed by atoms with Crippen molar-refractivity contribution in [3.8, 4) is 5.75 Å². The number of benzene rings is 1. The van der Waals surface area contributed by atoms with Gasteiger partial charge in [-0.05, 0) is 30.7 Å². The largest absolute Gasteiger partial charge is 0.491 e. The number of rotatable bonds is 38. The fourth-order valence-electron chi connectivity index (χ4n) is 3.75. The van der Waals surface area contributed by atoms with Crippen molar-refractivity contribution in [1.29, 1.82) is 0 Å². The van der Waals surface area contributed by atoms with Crippen LogP contribution < -0.4 is 4.74 Å². The van der Waals surface area contributed by atoms with E-state index in [0.717, 1.165) is 19.3 Å². The van der Waals surface area contributed by atoms with E-state index in [-0.39, 0.29) is 0 Å². The molecule has 46 heavy (non-hydrogen) atoms. The van der Waals surface area contributed by atoms with Crippen LogP contribution in [0.3, 0.4) is 0 Å². The number of hydrogen-bond acceptors (Lipinski definition) is 12. The molecule has 0 atom stereocenters. The van der Waals surface area contributed by atoms with Crippen molar-refractivity contribution in [1.82, 2.24) is 0 Å². The Labute approximate surface area is 276 Å². The van der Waals surface area contributed by atoms with Gasteiger partial charge in [-0.1, -0.05) is 32.6 Å². The summed E-state index contributed by atoms with van der Waals surface area (Å²) in [7, 11) is 0. The van der Waals surface area contributed by atoms with Gasteiger partial charge in [-0.3, -0.25) is 4.79 Å². The molecule has 0 N–H and O–H groups in total. The minimum atomic E-state index is 0.433. The summed E-state index contributed by atoms with van der Waals surface area (Å²) in [6.45, 7) is 13.4. The van der Waals surface area contributed by atoms with Crippen molar-refractivity contribution in [3.05, 3.63) is 29.8 Å². The van der Waals surface area contributed by atoms with E-state index in [0.29, 0.717) is 143 Å². The molecule has 0 amide bonds. The summed E-state index contributed by atoms with van der Waals surface area (Å²) in [6, 6.07) is 6.94. The van der Waals surface area contributed by atoms with E-state index in [1.807, 2.05) is 0 Å². The lowest BCUT2D eigenvalue weighted by Gasteiger charge is -2.09. The molecule has 1 aromatic carbocycles. The van der Waals surface area contributed by atoms with E-state index in [9.17, 15) is 4.79 Å². The van der Waals surface area contributed by atoms with Crippen molar-refractivity contribution in [3.63, 3.8) is 0 Å². The van der Waals surface area contributed by atoms with Crippen LogP contribution in [0.25, 0.3) is 0 Å². The third-order valence-electron chi connectivity index (χ3n) is 6.25. The second-order valence-corrected chi connectivity index (χ2v) is 10.1. The normalized spacial score (nSPS) is 11.3. The molecule has 1 aromatic rings. The van der Waals surface area contributed by atoms with Crippen LogP contribution in [-0.4, -0.2) is 145 Å². The second kappa shape index (κ2) is 36.1. The third-order valence-corrected chi connectivity index (χ3v) is 6.25. The molecule has 1 rings (SSSR count). The van der Waals surface area contributed by atoms with Gasteiger partial charge >= 0.3 is 0 Å². The first-order valence-corrected chi connectivity index (χ1v) is 16.8. The Hall–Kier alpha value is -1.71. The summed E-state index contributed by atoms with van der Waals surface area (Å²) >= 11 is 0. The van der Waals surface area contributed by atoms with E-state index in [1.54, 1.807) is 24.3 Å². The van der Waals surface area contributed by atoms with Crippen molar-refractivity contribution in [2.45, 2.75) is 39.0 Å². The minimum absolute atomic E-state index is 0.433. The number of carbonyl (C=O) groups excluding carboxylic acids is 1. The lowest BCUT2D eigenvalue weighted by Crippen LogP contribution is -2.15. The average molecular weight is 661 g/mol. The zero-order valence-electron chi connectivity index (χ0n) is 28.2. The number of hydrogen-bond donors (Lipinski definition) is 0. The Morgan fingerprint density at radius 2 is 0.696 bits per heavy atom. The number of unbranched alkanes of at least 4 members (excludes halogenated alkanes) is 4. The van der Waals surface area contributed by atoms with Crippen molar-refractivity contribution in [2.24, 2.45) is 0 Å². The highest BCUT2D eigenvalue weighted by Gasteiger charge is 1.98. The highest BCUT2D eigenvalue weighted by atomic mass is 16.6.